The average molecular weight is 361 g/mol. The van der Waals surface area contributed by atoms with Crippen molar-refractivity contribution in [3.8, 4) is 5.75 Å². The second-order valence-corrected chi connectivity index (χ2v) is 6.94. The number of benzene rings is 2. The van der Waals surface area contributed by atoms with Crippen LogP contribution in [0.5, 0.6) is 5.75 Å². The van der Waals surface area contributed by atoms with Gasteiger partial charge in [0.05, 0.1) is 6.21 Å². The van der Waals surface area contributed by atoms with E-state index in [2.05, 4.69) is 39.4 Å². The summed E-state index contributed by atoms with van der Waals surface area (Å²) in [5, 5.41) is 14.8. The number of phenols is 1. The Labute approximate surface area is 158 Å². The van der Waals surface area contributed by atoms with E-state index in [9.17, 15) is 9.90 Å². The minimum Gasteiger partial charge on any atom is -0.508 e. The van der Waals surface area contributed by atoms with Crippen LogP contribution in [0, 0.1) is 0 Å². The normalized spacial score (nSPS) is 13.8. The molecule has 0 saturated carbocycles. The van der Waals surface area contributed by atoms with Gasteiger partial charge in [-0.05, 0) is 55.0 Å². The van der Waals surface area contributed by atoms with Crippen molar-refractivity contribution in [1.29, 1.82) is 0 Å². The molecule has 1 aliphatic rings. The molecule has 0 spiro atoms. The lowest BCUT2D eigenvalue weighted by atomic mass is 9.95. The lowest BCUT2D eigenvalue weighted by Crippen LogP contribution is -2.20. The second kappa shape index (κ2) is 7.66. The molecule has 2 aromatic carbocycles. The molecule has 5 nitrogen and oxygen atoms in total. The lowest BCUT2D eigenvalue weighted by molar-refractivity contribution is -0.121. The molecule has 2 N–H and O–H groups in total. The van der Waals surface area contributed by atoms with Crippen LogP contribution < -0.4 is 5.43 Å². The van der Waals surface area contributed by atoms with Crippen LogP contribution in [0.3, 0.4) is 0 Å². The summed E-state index contributed by atoms with van der Waals surface area (Å²) in [5.41, 5.74) is 7.38. The van der Waals surface area contributed by atoms with Crippen LogP contribution >= 0.6 is 0 Å². The maximum atomic E-state index is 12.2. The van der Waals surface area contributed by atoms with Gasteiger partial charge < -0.3 is 9.67 Å². The highest BCUT2D eigenvalue weighted by molar-refractivity contribution is 5.86. The first-order valence-corrected chi connectivity index (χ1v) is 9.42. The third-order valence-corrected chi connectivity index (χ3v) is 5.12. The largest absolute Gasteiger partial charge is 0.508 e. The molecule has 3 aromatic rings. The van der Waals surface area contributed by atoms with E-state index in [-0.39, 0.29) is 11.7 Å². The van der Waals surface area contributed by atoms with E-state index in [0.717, 1.165) is 18.4 Å². The van der Waals surface area contributed by atoms with Crippen molar-refractivity contribution in [2.24, 2.45) is 5.10 Å². The summed E-state index contributed by atoms with van der Waals surface area (Å²) in [5.74, 6) is 0.0586. The van der Waals surface area contributed by atoms with Gasteiger partial charge >= 0.3 is 0 Å². The number of nitrogens with zero attached hydrogens (tertiary/aromatic N) is 2. The molecule has 0 unspecified atom stereocenters. The van der Waals surface area contributed by atoms with Gasteiger partial charge in [-0.15, -0.1) is 0 Å². The number of aromatic hydroxyl groups is 1. The highest BCUT2D eigenvalue weighted by atomic mass is 16.3. The van der Waals surface area contributed by atoms with Crippen LogP contribution in [-0.4, -0.2) is 21.8 Å². The monoisotopic (exact) mass is 361 g/mol. The topological polar surface area (TPSA) is 66.6 Å². The molecule has 1 amide bonds. The minimum atomic E-state index is -0.117. The molecular weight excluding hydrogens is 338 g/mol. The Morgan fingerprint density at radius 3 is 2.89 bits per heavy atom. The zero-order valence-corrected chi connectivity index (χ0v) is 15.2. The van der Waals surface area contributed by atoms with Crippen molar-refractivity contribution in [3.63, 3.8) is 0 Å². The van der Waals surface area contributed by atoms with Crippen molar-refractivity contribution in [2.75, 3.05) is 0 Å². The molecule has 0 bridgehead atoms. The number of fused-ring (bicyclic) bond motifs is 3. The van der Waals surface area contributed by atoms with Crippen molar-refractivity contribution < 1.29 is 9.90 Å². The van der Waals surface area contributed by atoms with E-state index in [1.807, 2.05) is 6.07 Å². The predicted octanol–water partition coefficient (Wildman–Crippen LogP) is 3.77. The van der Waals surface area contributed by atoms with Crippen molar-refractivity contribution in [1.82, 2.24) is 9.99 Å². The van der Waals surface area contributed by atoms with Crippen LogP contribution in [0.15, 0.2) is 53.6 Å². The van der Waals surface area contributed by atoms with E-state index in [4.69, 9.17) is 0 Å². The van der Waals surface area contributed by atoms with Crippen molar-refractivity contribution >= 4 is 23.0 Å². The molecule has 0 fully saturated rings. The molecule has 138 valence electrons. The molecule has 0 atom stereocenters. The number of nitrogens with one attached hydrogen (secondary N) is 1. The van der Waals surface area contributed by atoms with Gasteiger partial charge in [-0.1, -0.05) is 30.3 Å². The lowest BCUT2D eigenvalue weighted by Gasteiger charge is -2.15. The fraction of sp³-hybridized carbons (Fsp3) is 0.273. The number of aromatic nitrogens is 1. The third kappa shape index (κ3) is 3.72. The van der Waals surface area contributed by atoms with Gasteiger partial charge in [-0.3, -0.25) is 4.79 Å². The van der Waals surface area contributed by atoms with Crippen LogP contribution in [-0.2, 0) is 24.2 Å². The van der Waals surface area contributed by atoms with Gasteiger partial charge in [-0.2, -0.15) is 5.10 Å². The van der Waals surface area contributed by atoms with E-state index in [1.54, 1.807) is 18.2 Å². The summed E-state index contributed by atoms with van der Waals surface area (Å²) in [6, 6.07) is 15.2. The summed E-state index contributed by atoms with van der Waals surface area (Å²) in [6.45, 7) is 0.656. The quantitative estimate of drug-likeness (QED) is 0.537. The van der Waals surface area contributed by atoms with E-state index < -0.39 is 0 Å². The van der Waals surface area contributed by atoms with E-state index >= 15 is 0 Å². The number of hydrogen-bond donors (Lipinski definition) is 2. The molecule has 27 heavy (non-hydrogen) atoms. The zero-order valence-electron chi connectivity index (χ0n) is 15.2. The van der Waals surface area contributed by atoms with Gasteiger partial charge in [0, 0.05) is 29.6 Å². The first kappa shape index (κ1) is 17.3. The number of carbonyl (C=O) groups excluding carboxylic acids is 1. The second-order valence-electron chi connectivity index (χ2n) is 6.94. The summed E-state index contributed by atoms with van der Waals surface area (Å²) in [4.78, 5) is 12.2. The predicted molar refractivity (Wildman–Crippen MR) is 107 cm³/mol. The van der Waals surface area contributed by atoms with Gasteiger partial charge in [0.15, 0.2) is 0 Å². The Morgan fingerprint density at radius 2 is 2.00 bits per heavy atom. The number of hydrazone groups is 1. The van der Waals surface area contributed by atoms with E-state index in [0.29, 0.717) is 13.0 Å². The summed E-state index contributed by atoms with van der Waals surface area (Å²) >= 11 is 0. The Hall–Kier alpha value is -3.08. The summed E-state index contributed by atoms with van der Waals surface area (Å²) in [6.07, 6.45) is 6.58. The van der Waals surface area contributed by atoms with Crippen LogP contribution in [0.4, 0.5) is 0 Å². The number of amides is 1. The maximum absolute atomic E-state index is 12.2. The van der Waals surface area contributed by atoms with Crippen LogP contribution in [0.1, 0.15) is 36.1 Å². The van der Waals surface area contributed by atoms with Gasteiger partial charge in [-0.25, -0.2) is 5.43 Å². The van der Waals surface area contributed by atoms with Gasteiger partial charge in [0.25, 0.3) is 0 Å². The smallest absolute Gasteiger partial charge is 0.241 e. The number of hydrogen-bond acceptors (Lipinski definition) is 3. The molecule has 1 aliphatic carbocycles. The Balaban J connectivity index is 1.43. The van der Waals surface area contributed by atoms with Crippen LogP contribution in [0.25, 0.3) is 10.9 Å². The molecular formula is C22H23N3O2. The maximum Gasteiger partial charge on any atom is 0.241 e. The summed E-state index contributed by atoms with van der Waals surface area (Å²) in [7, 11) is 0. The third-order valence-electron chi connectivity index (χ3n) is 5.12. The molecule has 0 aliphatic heterocycles. The van der Waals surface area contributed by atoms with Crippen molar-refractivity contribution in [2.45, 2.75) is 38.6 Å². The highest BCUT2D eigenvalue weighted by Gasteiger charge is 2.19. The highest BCUT2D eigenvalue weighted by Crippen LogP contribution is 2.32. The molecule has 1 aromatic heterocycles. The van der Waals surface area contributed by atoms with Gasteiger partial charge in [0.1, 0.15) is 5.75 Å². The summed E-state index contributed by atoms with van der Waals surface area (Å²) < 4.78 is 2.31. The van der Waals surface area contributed by atoms with Crippen molar-refractivity contribution in [3.05, 3.63) is 65.4 Å². The average Bonchev–Trinajstić information content (AvgIpc) is 3.00. The fourth-order valence-corrected chi connectivity index (χ4v) is 3.90. The molecule has 1 heterocycles. The molecule has 0 saturated heterocycles. The number of rotatable bonds is 5. The number of para-hydroxylation sites is 1. The fourth-order valence-electron chi connectivity index (χ4n) is 3.90. The SMILES string of the molecule is O=C(CCn1c2c(c3ccccc31)CCCC2)NN=Cc1cccc(O)c1. The standard InChI is InChI=1S/C22H23N3O2/c26-17-7-5-6-16(14-17)15-23-24-22(27)12-13-25-20-10-3-1-8-18(20)19-9-2-4-11-21(19)25/h1,3,5-8,10,14-15,26H,2,4,9,11-13H2,(H,24,27). The van der Waals surface area contributed by atoms with Crippen LogP contribution in [0.2, 0.25) is 0 Å². The number of phenolic OH excluding ortho intramolecular Hbond substituents is 1. The first-order chi connectivity index (χ1) is 13.2. The molecule has 0 radical (unpaired) electrons. The number of aryl methyl sites for hydroxylation is 2. The molecule has 5 heteroatoms. The first-order valence-electron chi connectivity index (χ1n) is 9.42. The Morgan fingerprint density at radius 1 is 1.15 bits per heavy atom. The minimum absolute atomic E-state index is 0.117. The van der Waals surface area contributed by atoms with E-state index in [1.165, 1.54) is 41.2 Å². The van der Waals surface area contributed by atoms with Gasteiger partial charge in [0.2, 0.25) is 5.91 Å². The molecule has 4 rings (SSSR count). The zero-order chi connectivity index (χ0) is 18.6. The Kier molecular flexibility index (Phi) is 4.92. The Bertz CT molecular complexity index is 1000. The number of carbonyl (C=O) groups is 1.